The minimum atomic E-state index is -2.12. The zero-order valence-electron chi connectivity index (χ0n) is 18.8. The number of hydrogen-bond donors (Lipinski definition) is 2. The number of rotatable bonds is 15. The third-order valence-electron chi connectivity index (χ3n) is 4.20. The highest BCUT2D eigenvalue weighted by molar-refractivity contribution is 7.40. The molecule has 8 nitrogen and oxygen atoms in total. The van der Waals surface area contributed by atoms with Crippen molar-refractivity contribution in [2.24, 2.45) is 0 Å². The van der Waals surface area contributed by atoms with E-state index >= 15 is 0 Å². The smallest absolute Gasteiger partial charge is 0.330 e. The number of aliphatic carboxylic acids is 1. The Kier molecular flexibility index (Phi) is 10.9. The molecule has 2 atom stereocenters. The second-order valence-electron chi connectivity index (χ2n) is 8.31. The highest BCUT2D eigenvalue weighted by atomic mass is 31.2. The third kappa shape index (κ3) is 11.4. The lowest BCUT2D eigenvalue weighted by Gasteiger charge is -2.29. The van der Waals surface area contributed by atoms with Crippen molar-refractivity contribution in [3.05, 3.63) is 54.6 Å². The predicted molar refractivity (Wildman–Crippen MR) is 123 cm³/mol. The van der Waals surface area contributed by atoms with Crippen LogP contribution in [0.2, 0.25) is 0 Å². The second kappa shape index (κ2) is 13.4. The molecule has 32 heavy (non-hydrogen) atoms. The highest BCUT2D eigenvalue weighted by Gasteiger charge is 2.25. The van der Waals surface area contributed by atoms with Crippen LogP contribution in [-0.2, 0) is 13.8 Å². The maximum Gasteiger partial charge on any atom is 0.330 e. The van der Waals surface area contributed by atoms with Crippen LogP contribution in [0, 0.1) is 0 Å². The van der Waals surface area contributed by atoms with Gasteiger partial charge in [-0.05, 0) is 49.2 Å². The monoisotopic (exact) mass is 466 g/mol. The number of carboxylic acids is 1. The molecule has 176 valence electrons. The number of benzene rings is 2. The van der Waals surface area contributed by atoms with E-state index in [1.165, 1.54) is 0 Å². The topological polar surface area (TPSA) is 94.5 Å². The van der Waals surface area contributed by atoms with Crippen molar-refractivity contribution < 1.29 is 37.8 Å². The largest absolute Gasteiger partial charge is 0.494 e. The summed E-state index contributed by atoms with van der Waals surface area (Å²) in [6.07, 6.45) is 0.627. The van der Waals surface area contributed by atoms with Gasteiger partial charge in [0.2, 0.25) is 0 Å². The lowest BCUT2D eigenvalue weighted by molar-refractivity contribution is -0.873. The number of quaternary nitrogens is 1. The molecule has 2 aromatic rings. The van der Waals surface area contributed by atoms with Crippen LogP contribution < -0.4 is 9.47 Å². The molecule has 0 saturated carbocycles. The standard InChI is InChI=1S/C23H32NO7P/c1-24(2,3)18-22(17-23(25)26)31-32(27)29-16-8-7-15-28-19-11-13-21(14-12-19)30-20-9-5-4-6-10-20/h4-6,9-14,22,27H,7-8,15-18H2,1-3H3/p+1/t22?,32-/m1/s1. The first kappa shape index (κ1) is 26.0. The van der Waals surface area contributed by atoms with Gasteiger partial charge in [-0.1, -0.05) is 18.2 Å². The van der Waals surface area contributed by atoms with E-state index in [1.54, 1.807) is 0 Å². The molecule has 2 N–H and O–H groups in total. The van der Waals surface area contributed by atoms with Crippen molar-refractivity contribution in [3.8, 4) is 17.2 Å². The van der Waals surface area contributed by atoms with E-state index in [1.807, 2.05) is 75.7 Å². The van der Waals surface area contributed by atoms with Gasteiger partial charge in [-0.2, -0.15) is 0 Å². The van der Waals surface area contributed by atoms with Crippen molar-refractivity contribution in [3.63, 3.8) is 0 Å². The van der Waals surface area contributed by atoms with Gasteiger partial charge in [-0.25, -0.2) is 0 Å². The molecule has 0 aromatic heterocycles. The highest BCUT2D eigenvalue weighted by Crippen LogP contribution is 2.36. The van der Waals surface area contributed by atoms with Gasteiger partial charge in [-0.15, -0.1) is 0 Å². The summed E-state index contributed by atoms with van der Waals surface area (Å²) in [6.45, 7) is 1.27. The average Bonchev–Trinajstić information content (AvgIpc) is 2.71. The van der Waals surface area contributed by atoms with Crippen LogP contribution in [0.5, 0.6) is 17.2 Å². The van der Waals surface area contributed by atoms with Crippen molar-refractivity contribution in [1.82, 2.24) is 0 Å². The van der Waals surface area contributed by atoms with Crippen LogP contribution in [0.1, 0.15) is 19.3 Å². The number of hydrogen-bond acceptors (Lipinski definition) is 6. The van der Waals surface area contributed by atoms with Gasteiger partial charge in [0.1, 0.15) is 29.9 Å². The zero-order chi connectivity index (χ0) is 23.4. The van der Waals surface area contributed by atoms with Gasteiger partial charge in [0.25, 0.3) is 0 Å². The van der Waals surface area contributed by atoms with Crippen LogP contribution in [0.4, 0.5) is 0 Å². The first-order valence-electron chi connectivity index (χ1n) is 10.5. The Hall–Kier alpha value is -2.22. The first-order valence-corrected chi connectivity index (χ1v) is 11.6. The Labute approximate surface area is 190 Å². The summed E-state index contributed by atoms with van der Waals surface area (Å²) < 4.78 is 22.7. The molecule has 2 aromatic carbocycles. The summed E-state index contributed by atoms with van der Waals surface area (Å²) in [5, 5.41) is 9.02. The summed E-state index contributed by atoms with van der Waals surface area (Å²) in [6, 6.07) is 17.0. The SMILES string of the molecule is C[N+](C)(C)CC(CC(=O)O)O[P@](O)OCCCCOc1ccc(Oc2ccccc2)cc1. The fourth-order valence-corrected chi connectivity index (χ4v) is 3.61. The lowest BCUT2D eigenvalue weighted by atomic mass is 10.2. The molecule has 0 radical (unpaired) electrons. The first-order chi connectivity index (χ1) is 15.2. The molecule has 0 saturated heterocycles. The minimum absolute atomic E-state index is 0.179. The molecule has 0 aliphatic rings. The maximum absolute atomic E-state index is 11.0. The number of carbonyl (C=O) groups is 1. The third-order valence-corrected chi connectivity index (χ3v) is 5.09. The summed E-state index contributed by atoms with van der Waals surface area (Å²) in [5.41, 5.74) is 0. The summed E-state index contributed by atoms with van der Waals surface area (Å²) in [4.78, 5) is 21.0. The van der Waals surface area contributed by atoms with E-state index in [4.69, 9.17) is 23.6 Å². The number of likely N-dealkylation sites (N-methyl/N-ethyl adjacent to an activating group) is 1. The zero-order valence-corrected chi connectivity index (χ0v) is 19.7. The Morgan fingerprint density at radius 3 is 2.16 bits per heavy atom. The minimum Gasteiger partial charge on any atom is -0.494 e. The van der Waals surface area contributed by atoms with Gasteiger partial charge in [0.05, 0.1) is 40.8 Å². The van der Waals surface area contributed by atoms with Crippen LogP contribution in [0.3, 0.4) is 0 Å². The molecular formula is C23H33NO7P+. The molecule has 0 bridgehead atoms. The fourth-order valence-electron chi connectivity index (χ4n) is 2.86. The van der Waals surface area contributed by atoms with Gasteiger partial charge in [-0.3, -0.25) is 4.79 Å². The van der Waals surface area contributed by atoms with Crippen LogP contribution in [0.15, 0.2) is 54.6 Å². The molecule has 0 fully saturated rings. The van der Waals surface area contributed by atoms with Crippen molar-refractivity contribution in [2.75, 3.05) is 40.9 Å². The number of para-hydroxylation sites is 1. The average molecular weight is 466 g/mol. The van der Waals surface area contributed by atoms with Crippen molar-refractivity contribution in [2.45, 2.75) is 25.4 Å². The fraction of sp³-hybridized carbons (Fsp3) is 0.435. The van der Waals surface area contributed by atoms with Crippen molar-refractivity contribution >= 4 is 14.6 Å². The van der Waals surface area contributed by atoms with E-state index in [2.05, 4.69) is 0 Å². The molecule has 0 amide bonds. The molecule has 0 heterocycles. The van der Waals surface area contributed by atoms with Crippen LogP contribution >= 0.6 is 8.60 Å². The number of unbranched alkanes of at least 4 members (excludes halogenated alkanes) is 1. The molecule has 2 rings (SSSR count). The Bertz CT molecular complexity index is 796. The van der Waals surface area contributed by atoms with E-state index in [0.29, 0.717) is 30.7 Å². The van der Waals surface area contributed by atoms with Crippen molar-refractivity contribution in [1.29, 1.82) is 0 Å². The lowest BCUT2D eigenvalue weighted by Crippen LogP contribution is -2.42. The molecule has 0 spiro atoms. The molecular weight excluding hydrogens is 433 g/mol. The van der Waals surface area contributed by atoms with Crippen LogP contribution in [-0.4, -0.2) is 67.5 Å². The van der Waals surface area contributed by atoms with E-state index < -0.39 is 20.7 Å². The number of carboxylic acid groups (broad SMARTS) is 1. The quantitative estimate of drug-likeness (QED) is 0.228. The Morgan fingerprint density at radius 2 is 1.53 bits per heavy atom. The van der Waals surface area contributed by atoms with E-state index in [-0.39, 0.29) is 6.42 Å². The molecule has 1 unspecified atom stereocenters. The molecule has 0 aliphatic carbocycles. The summed E-state index contributed by atoms with van der Waals surface area (Å²) >= 11 is 0. The normalized spacial score (nSPS) is 13.4. The number of ether oxygens (including phenoxy) is 2. The number of nitrogens with zero attached hydrogens (tertiary/aromatic N) is 1. The van der Waals surface area contributed by atoms with Gasteiger partial charge in [0, 0.05) is 0 Å². The van der Waals surface area contributed by atoms with Gasteiger partial charge >= 0.3 is 14.6 Å². The second-order valence-corrected chi connectivity index (χ2v) is 9.26. The maximum atomic E-state index is 11.0. The van der Waals surface area contributed by atoms with E-state index in [0.717, 1.165) is 23.7 Å². The summed E-state index contributed by atoms with van der Waals surface area (Å²) in [5.74, 6) is 1.29. The summed E-state index contributed by atoms with van der Waals surface area (Å²) in [7, 11) is 3.68. The molecule has 0 aliphatic heterocycles. The predicted octanol–water partition coefficient (Wildman–Crippen LogP) is 4.44. The van der Waals surface area contributed by atoms with E-state index in [9.17, 15) is 9.69 Å². The Morgan fingerprint density at radius 1 is 0.938 bits per heavy atom. The Balaban J connectivity index is 1.61. The van der Waals surface area contributed by atoms with Gasteiger partial charge < -0.3 is 33.0 Å². The van der Waals surface area contributed by atoms with Crippen LogP contribution in [0.25, 0.3) is 0 Å². The van der Waals surface area contributed by atoms with Gasteiger partial charge in [0.15, 0.2) is 0 Å². The molecule has 9 heteroatoms.